The van der Waals surface area contributed by atoms with Gasteiger partial charge >= 0.3 is 0 Å². The van der Waals surface area contributed by atoms with Gasteiger partial charge in [0.25, 0.3) is 5.91 Å². The van der Waals surface area contributed by atoms with Gasteiger partial charge in [0.1, 0.15) is 0 Å². The molecule has 5 nitrogen and oxygen atoms in total. The van der Waals surface area contributed by atoms with Crippen molar-refractivity contribution in [2.24, 2.45) is 5.73 Å². The number of benzene rings is 2. The van der Waals surface area contributed by atoms with Gasteiger partial charge in [-0.2, -0.15) is 0 Å². The largest absolute Gasteiger partial charge is 0.366 e. The van der Waals surface area contributed by atoms with Crippen molar-refractivity contribution in [3.63, 3.8) is 0 Å². The molecule has 23 heavy (non-hydrogen) atoms. The maximum atomic E-state index is 12.2. The molecule has 2 aromatic rings. The third kappa shape index (κ3) is 5.03. The van der Waals surface area contributed by atoms with Crippen molar-refractivity contribution in [1.82, 2.24) is 5.32 Å². The first-order valence-corrected chi connectivity index (χ1v) is 8.74. The monoisotopic (exact) mass is 330 g/mol. The Morgan fingerprint density at radius 2 is 1.65 bits per heavy atom. The van der Waals surface area contributed by atoms with Crippen LogP contribution in [0.4, 0.5) is 0 Å². The highest BCUT2D eigenvalue weighted by Crippen LogP contribution is 2.09. The summed E-state index contributed by atoms with van der Waals surface area (Å²) >= 11 is 0. The van der Waals surface area contributed by atoms with Crippen molar-refractivity contribution >= 4 is 22.6 Å². The molecule has 0 aliphatic rings. The lowest BCUT2D eigenvalue weighted by molar-refractivity contribution is 0.0950. The summed E-state index contributed by atoms with van der Waals surface area (Å²) in [5, 5.41) is 2.80. The Morgan fingerprint density at radius 3 is 2.30 bits per heavy atom. The smallest absolute Gasteiger partial charge is 0.251 e. The molecule has 0 bridgehead atoms. The van der Waals surface area contributed by atoms with Gasteiger partial charge in [-0.3, -0.25) is 13.8 Å². The molecule has 0 aliphatic carbocycles. The molecule has 0 spiro atoms. The summed E-state index contributed by atoms with van der Waals surface area (Å²) in [6, 6.07) is 13.9. The Kier molecular flexibility index (Phi) is 5.65. The summed E-state index contributed by atoms with van der Waals surface area (Å²) in [5.74, 6) is -0.307. The van der Waals surface area contributed by atoms with Gasteiger partial charge in [-0.05, 0) is 35.4 Å². The van der Waals surface area contributed by atoms with Gasteiger partial charge in [-0.25, -0.2) is 0 Å². The molecule has 6 heteroatoms. The van der Waals surface area contributed by atoms with Gasteiger partial charge in [0.2, 0.25) is 5.91 Å². The lowest BCUT2D eigenvalue weighted by atomic mass is 10.1. The number of nitrogens with two attached hydrogens (primary N) is 1. The van der Waals surface area contributed by atoms with E-state index in [1.165, 1.54) is 0 Å². The second-order valence-corrected chi connectivity index (χ2v) is 6.60. The molecule has 2 amide bonds. The molecular formula is C17H18N2O3S. The van der Waals surface area contributed by atoms with Gasteiger partial charge in [0.05, 0.1) is 0 Å². The molecule has 0 aliphatic heterocycles. The van der Waals surface area contributed by atoms with Crippen molar-refractivity contribution in [3.8, 4) is 0 Å². The Morgan fingerprint density at radius 1 is 1.04 bits per heavy atom. The Hall–Kier alpha value is -2.47. The average Bonchev–Trinajstić information content (AvgIpc) is 2.52. The van der Waals surface area contributed by atoms with Crippen LogP contribution in [0.1, 0.15) is 31.8 Å². The summed E-state index contributed by atoms with van der Waals surface area (Å²) in [6.45, 7) is 0.296. The zero-order chi connectivity index (χ0) is 16.8. The molecule has 0 fully saturated rings. The molecule has 2 rings (SSSR count). The third-order valence-electron chi connectivity index (χ3n) is 3.22. The predicted octanol–water partition coefficient (Wildman–Crippen LogP) is 1.59. The summed E-state index contributed by atoms with van der Waals surface area (Å²) < 4.78 is 11.3. The molecule has 3 N–H and O–H groups in total. The minimum absolute atomic E-state index is 0.224. The van der Waals surface area contributed by atoms with E-state index in [2.05, 4.69) is 5.32 Å². The van der Waals surface area contributed by atoms with Crippen LogP contribution in [0.15, 0.2) is 48.5 Å². The molecular weight excluding hydrogens is 312 g/mol. The summed E-state index contributed by atoms with van der Waals surface area (Å²) in [4.78, 5) is 23.3. The number of rotatable bonds is 6. The normalized spacial score (nSPS) is 11.7. The zero-order valence-corrected chi connectivity index (χ0v) is 13.6. The number of carbonyl (C=O) groups is 2. The number of nitrogens with one attached hydrogen (secondary N) is 1. The molecule has 0 aromatic heterocycles. The predicted molar refractivity (Wildman–Crippen MR) is 90.3 cm³/mol. The van der Waals surface area contributed by atoms with E-state index in [1.807, 2.05) is 12.1 Å². The van der Waals surface area contributed by atoms with Crippen molar-refractivity contribution in [2.45, 2.75) is 12.3 Å². The first kappa shape index (κ1) is 16.9. The first-order chi connectivity index (χ1) is 11.0. The van der Waals surface area contributed by atoms with Crippen LogP contribution in [0.5, 0.6) is 0 Å². The molecule has 2 aromatic carbocycles. The highest BCUT2D eigenvalue weighted by molar-refractivity contribution is 7.83. The molecule has 1 atom stereocenters. The SMILES string of the molecule is CS(=O)Cc1cccc(C(=O)NCc2cccc(C(N)=O)c2)c1. The Labute approximate surface area is 137 Å². The standard InChI is InChI=1S/C17H18N2O3S/c1-23(22)11-13-5-3-7-15(9-13)17(21)19-10-12-4-2-6-14(8-12)16(18)20/h2-9H,10-11H2,1H3,(H2,18,20)(H,19,21). The number of hydrogen-bond acceptors (Lipinski definition) is 3. The lowest BCUT2D eigenvalue weighted by Crippen LogP contribution is -2.23. The fourth-order valence-corrected chi connectivity index (χ4v) is 2.80. The second-order valence-electron chi connectivity index (χ2n) is 5.17. The van der Waals surface area contributed by atoms with E-state index >= 15 is 0 Å². The number of amides is 2. The van der Waals surface area contributed by atoms with Gasteiger partial charge in [-0.15, -0.1) is 0 Å². The van der Waals surface area contributed by atoms with E-state index in [1.54, 1.807) is 42.7 Å². The maximum Gasteiger partial charge on any atom is 0.251 e. The first-order valence-electron chi connectivity index (χ1n) is 7.01. The highest BCUT2D eigenvalue weighted by atomic mass is 32.2. The summed E-state index contributed by atoms with van der Waals surface area (Å²) in [6.07, 6.45) is 1.62. The molecule has 0 saturated carbocycles. The molecule has 0 saturated heterocycles. The number of primary amides is 1. The van der Waals surface area contributed by atoms with Gasteiger partial charge in [-0.1, -0.05) is 24.3 Å². The van der Waals surface area contributed by atoms with E-state index in [0.29, 0.717) is 23.4 Å². The van der Waals surface area contributed by atoms with E-state index in [-0.39, 0.29) is 5.91 Å². The Balaban J connectivity index is 2.03. The number of carbonyl (C=O) groups excluding carboxylic acids is 2. The maximum absolute atomic E-state index is 12.2. The quantitative estimate of drug-likeness (QED) is 0.843. The van der Waals surface area contributed by atoms with E-state index in [0.717, 1.165) is 11.1 Å². The zero-order valence-electron chi connectivity index (χ0n) is 12.7. The van der Waals surface area contributed by atoms with Gasteiger partial charge < -0.3 is 11.1 Å². The highest BCUT2D eigenvalue weighted by Gasteiger charge is 2.08. The topological polar surface area (TPSA) is 89.3 Å². The summed E-state index contributed by atoms with van der Waals surface area (Å²) in [5.41, 5.74) is 7.80. The van der Waals surface area contributed by atoms with Crippen molar-refractivity contribution < 1.29 is 13.8 Å². The molecule has 0 radical (unpaired) electrons. The van der Waals surface area contributed by atoms with E-state index in [9.17, 15) is 13.8 Å². The van der Waals surface area contributed by atoms with Crippen LogP contribution in [-0.2, 0) is 23.1 Å². The molecule has 1 unspecified atom stereocenters. The average molecular weight is 330 g/mol. The van der Waals surface area contributed by atoms with E-state index < -0.39 is 16.7 Å². The lowest BCUT2D eigenvalue weighted by Gasteiger charge is -2.07. The van der Waals surface area contributed by atoms with Crippen molar-refractivity contribution in [1.29, 1.82) is 0 Å². The molecule has 120 valence electrons. The van der Waals surface area contributed by atoms with Gasteiger partial charge in [0, 0.05) is 40.5 Å². The second kappa shape index (κ2) is 7.69. The summed E-state index contributed by atoms with van der Waals surface area (Å²) in [7, 11) is -0.954. The fraction of sp³-hybridized carbons (Fsp3) is 0.176. The third-order valence-corrected chi connectivity index (χ3v) is 3.96. The fourth-order valence-electron chi connectivity index (χ4n) is 2.16. The van der Waals surface area contributed by atoms with Gasteiger partial charge in [0.15, 0.2) is 0 Å². The van der Waals surface area contributed by atoms with Crippen LogP contribution in [0, 0.1) is 0 Å². The minimum Gasteiger partial charge on any atom is -0.366 e. The minimum atomic E-state index is -0.954. The van der Waals surface area contributed by atoms with Crippen molar-refractivity contribution in [2.75, 3.05) is 6.26 Å². The molecule has 0 heterocycles. The van der Waals surface area contributed by atoms with Crippen LogP contribution in [0.25, 0.3) is 0 Å². The Bertz CT molecular complexity index is 759. The van der Waals surface area contributed by atoms with Crippen LogP contribution in [0.2, 0.25) is 0 Å². The van der Waals surface area contributed by atoms with Crippen LogP contribution < -0.4 is 11.1 Å². The number of hydrogen-bond donors (Lipinski definition) is 2. The van der Waals surface area contributed by atoms with Crippen LogP contribution >= 0.6 is 0 Å². The van der Waals surface area contributed by atoms with Crippen LogP contribution in [0.3, 0.4) is 0 Å². The van der Waals surface area contributed by atoms with Crippen LogP contribution in [-0.4, -0.2) is 22.3 Å². The van der Waals surface area contributed by atoms with Crippen molar-refractivity contribution in [3.05, 3.63) is 70.8 Å². The van der Waals surface area contributed by atoms with E-state index in [4.69, 9.17) is 5.73 Å².